The molecule has 0 N–H and O–H groups in total. The summed E-state index contributed by atoms with van der Waals surface area (Å²) in [4.78, 5) is 10.5. The summed E-state index contributed by atoms with van der Waals surface area (Å²) < 4.78 is 0. The minimum atomic E-state index is 0.337. The van der Waals surface area contributed by atoms with Gasteiger partial charge in [-0.25, -0.2) is 9.97 Å². The van der Waals surface area contributed by atoms with Gasteiger partial charge in [0.2, 0.25) is 0 Å². The molecule has 3 aliphatic rings. The molecule has 2 heteroatoms. The number of hydrogen-bond donors (Lipinski definition) is 0. The monoisotopic (exact) mass is 862 g/mol. The Labute approximate surface area is 395 Å². The highest BCUT2D eigenvalue weighted by Crippen LogP contribution is 2.53. The maximum atomic E-state index is 5.24. The largest absolute Gasteiger partial charge is 0.228 e. The van der Waals surface area contributed by atoms with Crippen molar-refractivity contribution in [3.63, 3.8) is 0 Å². The number of fused-ring (bicyclic) bond motifs is 2. The summed E-state index contributed by atoms with van der Waals surface area (Å²) in [5, 5.41) is 2.82. The highest BCUT2D eigenvalue weighted by molar-refractivity contribution is 5.84. The Hall–Kier alpha value is -7.42. The standard InChI is InChI=1S/C65H54N2/c1-5-15-44(16-6-1)47-25-33-52(34-26-47)61-43-62(67-65(66-61)55-39-31-48(32-40-55)45-17-7-2-8-18-45)53-35-27-49(28-36-53)50-29-37-54(38-30-50)63-58-24-14-13-23-57(58)60-42-56(46-19-9-3-10-20-46)41-59(64(60)63)51-21-11-4-12-22-51/h2-4,7-14,17-40,43-44,56,59,64H,1,5-6,15-16,41-42H2. The number of nitrogens with zero attached hydrogens (tertiary/aromatic N) is 2. The van der Waals surface area contributed by atoms with E-state index >= 15 is 0 Å². The molecular weight excluding hydrogens is 809 g/mol. The van der Waals surface area contributed by atoms with Gasteiger partial charge in [0.15, 0.2) is 5.82 Å². The zero-order valence-electron chi connectivity index (χ0n) is 37.9. The number of rotatable bonds is 9. The van der Waals surface area contributed by atoms with Crippen LogP contribution >= 0.6 is 0 Å². The molecule has 3 aliphatic carbocycles. The van der Waals surface area contributed by atoms with E-state index in [2.05, 4.69) is 218 Å². The smallest absolute Gasteiger partial charge is 0.160 e. The third-order valence-electron chi connectivity index (χ3n) is 15.1. The first-order valence-electron chi connectivity index (χ1n) is 24.5. The SMILES string of the molecule is c1ccc(-c2ccc(-c3nc(-c4ccc(-c5ccc(C6=c7ccccc7=C7CC(c8ccccc8)CC(c8ccccc8)C76)cc5)cc4)cc(-c4ccc(C5CCCCC5)cc4)n3)cc2)cc1. The van der Waals surface area contributed by atoms with E-state index in [9.17, 15) is 0 Å². The molecule has 3 atom stereocenters. The first-order valence-corrected chi connectivity index (χ1v) is 24.5. The van der Waals surface area contributed by atoms with Crippen LogP contribution in [0.4, 0.5) is 0 Å². The molecular formula is C65H54N2. The van der Waals surface area contributed by atoms with Gasteiger partial charge in [-0.1, -0.05) is 237 Å². The van der Waals surface area contributed by atoms with E-state index in [-0.39, 0.29) is 0 Å². The van der Waals surface area contributed by atoms with Crippen molar-refractivity contribution in [2.45, 2.75) is 62.7 Å². The van der Waals surface area contributed by atoms with Crippen molar-refractivity contribution in [3.05, 3.63) is 251 Å². The fourth-order valence-electron chi connectivity index (χ4n) is 11.7. The molecule has 2 nitrogen and oxygen atoms in total. The highest BCUT2D eigenvalue weighted by Gasteiger charge is 2.41. The van der Waals surface area contributed by atoms with Crippen LogP contribution in [0, 0.1) is 5.92 Å². The van der Waals surface area contributed by atoms with Crippen LogP contribution in [0.5, 0.6) is 0 Å². The van der Waals surface area contributed by atoms with Crippen LogP contribution in [0.3, 0.4) is 0 Å². The minimum Gasteiger partial charge on any atom is -0.228 e. The fourth-order valence-corrected chi connectivity index (χ4v) is 11.7. The number of benzene rings is 8. The van der Waals surface area contributed by atoms with Gasteiger partial charge in [0.05, 0.1) is 11.4 Å². The summed E-state index contributed by atoms with van der Waals surface area (Å²) in [6.45, 7) is 0. The van der Waals surface area contributed by atoms with Crippen LogP contribution in [-0.4, -0.2) is 9.97 Å². The van der Waals surface area contributed by atoms with Gasteiger partial charge in [-0.15, -0.1) is 0 Å². The van der Waals surface area contributed by atoms with Crippen molar-refractivity contribution in [2.24, 2.45) is 5.92 Å². The van der Waals surface area contributed by atoms with E-state index in [4.69, 9.17) is 9.97 Å². The van der Waals surface area contributed by atoms with Gasteiger partial charge < -0.3 is 0 Å². The molecule has 12 rings (SSSR count). The van der Waals surface area contributed by atoms with Crippen molar-refractivity contribution in [2.75, 3.05) is 0 Å². The third-order valence-corrected chi connectivity index (χ3v) is 15.1. The van der Waals surface area contributed by atoms with E-state index in [0.717, 1.165) is 46.7 Å². The van der Waals surface area contributed by atoms with Crippen LogP contribution in [0.15, 0.2) is 218 Å². The summed E-state index contributed by atoms with van der Waals surface area (Å²) >= 11 is 0. The van der Waals surface area contributed by atoms with Crippen molar-refractivity contribution in [1.29, 1.82) is 0 Å². The van der Waals surface area contributed by atoms with Crippen molar-refractivity contribution >= 4 is 11.1 Å². The van der Waals surface area contributed by atoms with Crippen molar-refractivity contribution in [3.8, 4) is 56.2 Å². The molecule has 324 valence electrons. The molecule has 1 heterocycles. The molecule has 0 bridgehead atoms. The van der Waals surface area contributed by atoms with Crippen LogP contribution in [0.2, 0.25) is 0 Å². The van der Waals surface area contributed by atoms with E-state index in [0.29, 0.717) is 23.7 Å². The molecule has 9 aromatic rings. The maximum absolute atomic E-state index is 5.24. The number of hydrogen-bond acceptors (Lipinski definition) is 2. The fraction of sp³-hybridized carbons (Fsp3) is 0.169. The highest BCUT2D eigenvalue weighted by atomic mass is 14.9. The van der Waals surface area contributed by atoms with E-state index in [1.807, 2.05) is 0 Å². The lowest BCUT2D eigenvalue weighted by molar-refractivity contribution is 0.443. The molecule has 0 spiro atoms. The molecule has 0 radical (unpaired) electrons. The second kappa shape index (κ2) is 18.1. The van der Waals surface area contributed by atoms with Crippen molar-refractivity contribution in [1.82, 2.24) is 9.97 Å². The number of aromatic nitrogens is 2. The van der Waals surface area contributed by atoms with Gasteiger partial charge in [-0.3, -0.25) is 0 Å². The Bertz CT molecular complexity index is 3280. The van der Waals surface area contributed by atoms with Gasteiger partial charge >= 0.3 is 0 Å². The normalized spacial score (nSPS) is 18.1. The first kappa shape index (κ1) is 41.0. The van der Waals surface area contributed by atoms with Gasteiger partial charge in [-0.2, -0.15) is 0 Å². The van der Waals surface area contributed by atoms with E-state index in [1.54, 1.807) is 5.57 Å². The zero-order valence-corrected chi connectivity index (χ0v) is 37.9. The summed E-state index contributed by atoms with van der Waals surface area (Å²) in [5.41, 5.74) is 18.6. The first-order chi connectivity index (χ1) is 33.2. The van der Waals surface area contributed by atoms with Gasteiger partial charge in [-0.05, 0) is 110 Å². The maximum Gasteiger partial charge on any atom is 0.160 e. The Morgan fingerprint density at radius 3 is 1.39 bits per heavy atom. The lowest BCUT2D eigenvalue weighted by Crippen LogP contribution is -2.26. The summed E-state index contributed by atoms with van der Waals surface area (Å²) in [6.07, 6.45) is 8.83. The van der Waals surface area contributed by atoms with Gasteiger partial charge in [0.25, 0.3) is 0 Å². The zero-order chi connectivity index (χ0) is 44.5. The Morgan fingerprint density at radius 1 is 0.343 bits per heavy atom. The Balaban J connectivity index is 0.867. The molecule has 0 aliphatic heterocycles. The predicted octanol–water partition coefficient (Wildman–Crippen LogP) is 15.2. The van der Waals surface area contributed by atoms with E-state index in [1.165, 1.54) is 92.6 Å². The van der Waals surface area contributed by atoms with Gasteiger partial charge in [0.1, 0.15) is 0 Å². The predicted molar refractivity (Wildman–Crippen MR) is 278 cm³/mol. The molecule has 1 aromatic heterocycles. The van der Waals surface area contributed by atoms with Crippen LogP contribution in [0.1, 0.15) is 85.0 Å². The quantitative estimate of drug-likeness (QED) is 0.144. The molecule has 0 saturated heterocycles. The molecule has 67 heavy (non-hydrogen) atoms. The van der Waals surface area contributed by atoms with Crippen LogP contribution < -0.4 is 10.4 Å². The van der Waals surface area contributed by atoms with E-state index < -0.39 is 0 Å². The third kappa shape index (κ3) is 8.16. The average Bonchev–Trinajstić information content (AvgIpc) is 3.76. The molecule has 0 amide bonds. The topological polar surface area (TPSA) is 25.8 Å². The lowest BCUT2D eigenvalue weighted by Gasteiger charge is -2.39. The average molecular weight is 863 g/mol. The second-order valence-corrected chi connectivity index (χ2v) is 19.0. The summed E-state index contributed by atoms with van der Waals surface area (Å²) in [7, 11) is 0. The summed E-state index contributed by atoms with van der Waals surface area (Å²) in [6, 6.07) is 80.6. The second-order valence-electron chi connectivity index (χ2n) is 19.0. The lowest BCUT2D eigenvalue weighted by atomic mass is 9.65. The molecule has 8 aromatic carbocycles. The minimum absolute atomic E-state index is 0.337. The van der Waals surface area contributed by atoms with Gasteiger partial charge in [0, 0.05) is 22.6 Å². The van der Waals surface area contributed by atoms with Crippen LogP contribution in [0.25, 0.3) is 67.3 Å². The Morgan fingerprint density at radius 2 is 0.791 bits per heavy atom. The van der Waals surface area contributed by atoms with Crippen LogP contribution in [-0.2, 0) is 0 Å². The summed E-state index contributed by atoms with van der Waals surface area (Å²) in [5.74, 6) is 2.61. The molecule has 3 unspecified atom stereocenters. The van der Waals surface area contributed by atoms with Crippen molar-refractivity contribution < 1.29 is 0 Å². The molecule has 2 fully saturated rings. The molecule has 2 saturated carbocycles. The Kier molecular flexibility index (Phi) is 11.1.